The molecule has 0 saturated heterocycles. The van der Waals surface area contributed by atoms with Gasteiger partial charge in [0.15, 0.2) is 0 Å². The normalized spacial score (nSPS) is 13.4. The molecule has 2 rings (SSSR count). The Hall–Kier alpha value is -2.19. The van der Waals surface area contributed by atoms with Gasteiger partial charge in [-0.1, -0.05) is 43.3 Å². The Balaban J connectivity index is 2.43. The Morgan fingerprint density at radius 1 is 1.16 bits per heavy atom. The maximum Gasteiger partial charge on any atom is 0.115 e. The van der Waals surface area contributed by atoms with Crippen LogP contribution in [-0.2, 0) is 12.2 Å². The molecule has 4 heteroatoms. The van der Waals surface area contributed by atoms with E-state index in [0.717, 1.165) is 25.1 Å². The average molecular weight is 338 g/mol. The molecule has 0 saturated carbocycles. The second kappa shape index (κ2) is 8.77. The Labute approximate surface area is 150 Å². The highest BCUT2D eigenvalue weighted by atomic mass is 16.3. The maximum absolute atomic E-state index is 11.6. The zero-order valence-electron chi connectivity index (χ0n) is 14.9. The predicted molar refractivity (Wildman–Crippen MR) is 98.9 cm³/mol. The van der Waals surface area contributed by atoms with Gasteiger partial charge in [0, 0.05) is 0 Å². The van der Waals surface area contributed by atoms with Crippen molar-refractivity contribution in [3.8, 4) is 6.07 Å². The molecular formula is C21H26N2O2. The summed E-state index contributed by atoms with van der Waals surface area (Å²) in [6, 6.07) is 16.7. The van der Waals surface area contributed by atoms with Crippen LogP contribution in [0.5, 0.6) is 0 Å². The van der Waals surface area contributed by atoms with Crippen LogP contribution in [0.2, 0.25) is 0 Å². The van der Waals surface area contributed by atoms with Gasteiger partial charge in [-0.3, -0.25) is 0 Å². The fraction of sp³-hybridized carbons (Fsp3) is 0.381. The summed E-state index contributed by atoms with van der Waals surface area (Å²) in [7, 11) is 2.06. The zero-order chi connectivity index (χ0) is 18.3. The van der Waals surface area contributed by atoms with Crippen LogP contribution in [0, 0.1) is 11.3 Å². The summed E-state index contributed by atoms with van der Waals surface area (Å²) in [6.07, 6.45) is 1.36. The van der Waals surface area contributed by atoms with E-state index in [1.807, 2.05) is 30.3 Å². The third-order valence-electron chi connectivity index (χ3n) is 4.72. The molecule has 0 bridgehead atoms. The summed E-state index contributed by atoms with van der Waals surface area (Å²) >= 11 is 0. The second-order valence-electron chi connectivity index (χ2n) is 6.37. The highest BCUT2D eigenvalue weighted by Crippen LogP contribution is 2.36. The molecular weight excluding hydrogens is 312 g/mol. The lowest BCUT2D eigenvalue weighted by atomic mass is 9.80. The Kier molecular flexibility index (Phi) is 6.72. The fourth-order valence-electron chi connectivity index (χ4n) is 3.11. The minimum absolute atomic E-state index is 0.213. The van der Waals surface area contributed by atoms with Crippen molar-refractivity contribution >= 4 is 0 Å². The molecule has 25 heavy (non-hydrogen) atoms. The van der Waals surface area contributed by atoms with E-state index in [4.69, 9.17) is 5.26 Å². The van der Waals surface area contributed by atoms with Gasteiger partial charge in [-0.25, -0.2) is 0 Å². The Bertz CT molecular complexity index is 724. The van der Waals surface area contributed by atoms with Crippen molar-refractivity contribution < 1.29 is 10.2 Å². The molecule has 0 aliphatic carbocycles. The van der Waals surface area contributed by atoms with Gasteiger partial charge in [0.1, 0.15) is 5.60 Å². The average Bonchev–Trinajstić information content (AvgIpc) is 2.67. The van der Waals surface area contributed by atoms with E-state index in [0.29, 0.717) is 23.1 Å². The molecule has 2 aromatic carbocycles. The van der Waals surface area contributed by atoms with Gasteiger partial charge in [-0.15, -0.1) is 0 Å². The topological polar surface area (TPSA) is 67.5 Å². The van der Waals surface area contributed by atoms with Crippen LogP contribution in [0.15, 0.2) is 48.5 Å². The van der Waals surface area contributed by atoms with Crippen LogP contribution in [-0.4, -0.2) is 35.3 Å². The molecule has 0 spiro atoms. The molecule has 2 N–H and O–H groups in total. The van der Waals surface area contributed by atoms with Gasteiger partial charge in [0.05, 0.1) is 18.2 Å². The zero-order valence-corrected chi connectivity index (χ0v) is 14.9. The van der Waals surface area contributed by atoms with Crippen LogP contribution >= 0.6 is 0 Å². The van der Waals surface area contributed by atoms with Gasteiger partial charge >= 0.3 is 0 Å². The lowest BCUT2D eigenvalue weighted by Gasteiger charge is -2.32. The van der Waals surface area contributed by atoms with Crippen molar-refractivity contribution in [2.24, 2.45) is 0 Å². The minimum Gasteiger partial charge on any atom is -0.392 e. The summed E-state index contributed by atoms with van der Waals surface area (Å²) in [5.74, 6) is 0. The molecule has 2 aromatic rings. The Morgan fingerprint density at radius 2 is 1.88 bits per heavy atom. The molecule has 0 aliphatic rings. The molecule has 0 heterocycles. The molecule has 0 amide bonds. The van der Waals surface area contributed by atoms with Gasteiger partial charge in [-0.05, 0) is 61.8 Å². The second-order valence-corrected chi connectivity index (χ2v) is 6.37. The van der Waals surface area contributed by atoms with E-state index in [2.05, 4.69) is 24.9 Å². The number of benzene rings is 2. The number of nitriles is 1. The summed E-state index contributed by atoms with van der Waals surface area (Å²) < 4.78 is 0. The van der Waals surface area contributed by atoms with Gasteiger partial charge < -0.3 is 15.1 Å². The first kappa shape index (κ1) is 19.1. The number of aliphatic hydroxyl groups excluding tert-OH is 1. The predicted octanol–water partition coefficient (Wildman–Crippen LogP) is 3.02. The van der Waals surface area contributed by atoms with Gasteiger partial charge in [0.25, 0.3) is 0 Å². The van der Waals surface area contributed by atoms with Crippen molar-refractivity contribution in [2.75, 3.05) is 20.1 Å². The van der Waals surface area contributed by atoms with E-state index in [9.17, 15) is 10.2 Å². The standard InChI is InChI=1S/C21H26N2O2/c1-3-23(2)13-7-12-21(25,19-8-5-4-6-9-19)20-11-10-17(15-22)14-18(20)16-24/h4-6,8-11,14,24-25H,3,7,12-13,16H2,1-2H3. The third kappa shape index (κ3) is 4.46. The van der Waals surface area contributed by atoms with Crippen molar-refractivity contribution in [3.63, 3.8) is 0 Å². The first-order valence-corrected chi connectivity index (χ1v) is 8.66. The SMILES string of the molecule is CCN(C)CCCC(O)(c1ccccc1)c1ccc(C#N)cc1CO. The summed E-state index contributed by atoms with van der Waals surface area (Å²) in [5.41, 5.74) is 1.35. The quantitative estimate of drug-likeness (QED) is 0.776. The summed E-state index contributed by atoms with van der Waals surface area (Å²) in [5, 5.41) is 30.5. The van der Waals surface area contributed by atoms with E-state index < -0.39 is 5.60 Å². The van der Waals surface area contributed by atoms with E-state index in [-0.39, 0.29) is 6.61 Å². The third-order valence-corrected chi connectivity index (χ3v) is 4.72. The lowest BCUT2D eigenvalue weighted by molar-refractivity contribution is 0.0636. The minimum atomic E-state index is -1.19. The number of nitrogens with zero attached hydrogens (tertiary/aromatic N) is 2. The van der Waals surface area contributed by atoms with E-state index in [1.54, 1.807) is 18.2 Å². The molecule has 132 valence electrons. The molecule has 1 unspecified atom stereocenters. The van der Waals surface area contributed by atoms with Crippen LogP contribution in [0.3, 0.4) is 0 Å². The monoisotopic (exact) mass is 338 g/mol. The number of aliphatic hydroxyl groups is 2. The highest BCUT2D eigenvalue weighted by molar-refractivity contribution is 5.45. The van der Waals surface area contributed by atoms with Crippen LogP contribution < -0.4 is 0 Å². The molecule has 0 aromatic heterocycles. The highest BCUT2D eigenvalue weighted by Gasteiger charge is 2.33. The smallest absolute Gasteiger partial charge is 0.115 e. The van der Waals surface area contributed by atoms with Crippen molar-refractivity contribution in [2.45, 2.75) is 32.0 Å². The molecule has 1 atom stereocenters. The van der Waals surface area contributed by atoms with Crippen molar-refractivity contribution in [3.05, 3.63) is 70.8 Å². The van der Waals surface area contributed by atoms with Crippen LogP contribution in [0.1, 0.15) is 42.0 Å². The van der Waals surface area contributed by atoms with Crippen LogP contribution in [0.4, 0.5) is 0 Å². The number of rotatable bonds is 8. The van der Waals surface area contributed by atoms with Crippen molar-refractivity contribution in [1.82, 2.24) is 4.90 Å². The number of hydrogen-bond donors (Lipinski definition) is 2. The molecule has 0 radical (unpaired) electrons. The first-order valence-electron chi connectivity index (χ1n) is 8.66. The molecule has 4 nitrogen and oxygen atoms in total. The van der Waals surface area contributed by atoms with Crippen LogP contribution in [0.25, 0.3) is 0 Å². The molecule has 0 fully saturated rings. The maximum atomic E-state index is 11.6. The molecule has 0 aliphatic heterocycles. The van der Waals surface area contributed by atoms with Crippen molar-refractivity contribution in [1.29, 1.82) is 5.26 Å². The van der Waals surface area contributed by atoms with Gasteiger partial charge in [0.2, 0.25) is 0 Å². The Morgan fingerprint density at radius 3 is 2.48 bits per heavy atom. The summed E-state index contributed by atoms with van der Waals surface area (Å²) in [4.78, 5) is 2.21. The van der Waals surface area contributed by atoms with Gasteiger partial charge in [-0.2, -0.15) is 5.26 Å². The fourth-order valence-corrected chi connectivity index (χ4v) is 3.11. The van der Waals surface area contributed by atoms with E-state index >= 15 is 0 Å². The largest absolute Gasteiger partial charge is 0.392 e. The number of hydrogen-bond acceptors (Lipinski definition) is 4. The lowest BCUT2D eigenvalue weighted by Crippen LogP contribution is -2.30. The van der Waals surface area contributed by atoms with E-state index in [1.165, 1.54) is 0 Å². The first-order chi connectivity index (χ1) is 12.0. The summed E-state index contributed by atoms with van der Waals surface area (Å²) in [6.45, 7) is 3.74.